The Morgan fingerprint density at radius 1 is 1.19 bits per heavy atom. The number of ether oxygens (including phenoxy) is 2. The second kappa shape index (κ2) is 8.93. The molecule has 5 heteroatoms. The minimum absolute atomic E-state index is 0.243. The van der Waals surface area contributed by atoms with Gasteiger partial charge in [-0.2, -0.15) is 0 Å². The third-order valence-electron chi connectivity index (χ3n) is 4.14. The summed E-state index contributed by atoms with van der Waals surface area (Å²) in [7, 11) is 1.60. The molecular formula is C22H21NO4. The van der Waals surface area contributed by atoms with Crippen LogP contribution in [0.15, 0.2) is 52.9 Å². The first-order valence-corrected chi connectivity index (χ1v) is 8.65. The van der Waals surface area contributed by atoms with Crippen molar-refractivity contribution < 1.29 is 18.7 Å². The molecule has 2 aromatic carbocycles. The van der Waals surface area contributed by atoms with Gasteiger partial charge in [0.25, 0.3) is 5.91 Å². The summed E-state index contributed by atoms with van der Waals surface area (Å²) >= 11 is 0. The molecule has 0 fully saturated rings. The third kappa shape index (κ3) is 4.49. The van der Waals surface area contributed by atoms with Crippen LogP contribution in [-0.2, 0) is 17.8 Å². The molecule has 0 saturated heterocycles. The fourth-order valence-corrected chi connectivity index (χ4v) is 2.85. The van der Waals surface area contributed by atoms with Crippen molar-refractivity contribution in [2.24, 2.45) is 0 Å². The molecule has 27 heavy (non-hydrogen) atoms. The monoisotopic (exact) mass is 363 g/mol. The van der Waals surface area contributed by atoms with E-state index in [4.69, 9.17) is 20.3 Å². The van der Waals surface area contributed by atoms with Gasteiger partial charge in [-0.25, -0.2) is 0 Å². The fourth-order valence-electron chi connectivity index (χ4n) is 2.85. The van der Waals surface area contributed by atoms with E-state index in [2.05, 4.69) is 11.2 Å². The highest BCUT2D eigenvalue weighted by Gasteiger charge is 2.19. The maximum absolute atomic E-state index is 12.6. The molecule has 0 unspecified atom stereocenters. The molecule has 1 N–H and O–H groups in total. The zero-order chi connectivity index (χ0) is 19.1. The molecule has 0 bridgehead atoms. The van der Waals surface area contributed by atoms with E-state index in [0.717, 1.165) is 22.3 Å². The molecule has 138 valence electrons. The number of nitrogens with one attached hydrogen (secondary N) is 1. The zero-order valence-corrected chi connectivity index (χ0v) is 15.2. The quantitative estimate of drug-likeness (QED) is 0.622. The van der Waals surface area contributed by atoms with Crippen molar-refractivity contribution in [1.29, 1.82) is 0 Å². The Balaban J connectivity index is 1.62. The summed E-state index contributed by atoms with van der Waals surface area (Å²) in [5.41, 5.74) is 2.53. The molecule has 5 nitrogen and oxygen atoms in total. The van der Waals surface area contributed by atoms with E-state index in [-0.39, 0.29) is 12.5 Å². The van der Waals surface area contributed by atoms with E-state index in [1.165, 1.54) is 0 Å². The lowest BCUT2D eigenvalue weighted by atomic mass is 10.1. The normalized spacial score (nSPS) is 10.5. The van der Waals surface area contributed by atoms with Crippen LogP contribution in [0.25, 0.3) is 11.0 Å². The van der Waals surface area contributed by atoms with Gasteiger partial charge in [0.15, 0.2) is 5.76 Å². The molecule has 1 aromatic heterocycles. The lowest BCUT2D eigenvalue weighted by Gasteiger charge is -2.07. The highest BCUT2D eigenvalue weighted by atomic mass is 16.5. The number of amides is 1. The predicted octanol–water partition coefficient (Wildman–Crippen LogP) is 3.56. The zero-order valence-electron chi connectivity index (χ0n) is 15.2. The van der Waals surface area contributed by atoms with Crippen molar-refractivity contribution in [2.45, 2.75) is 13.0 Å². The Hall–Kier alpha value is -3.23. The number of hydrogen-bond acceptors (Lipinski definition) is 4. The number of rotatable bonds is 8. The van der Waals surface area contributed by atoms with Gasteiger partial charge in [-0.1, -0.05) is 36.3 Å². The van der Waals surface area contributed by atoms with Crippen LogP contribution in [0.2, 0.25) is 0 Å². The van der Waals surface area contributed by atoms with Crippen LogP contribution in [-0.4, -0.2) is 26.2 Å². The van der Waals surface area contributed by atoms with E-state index >= 15 is 0 Å². The number of para-hydroxylation sites is 1. The number of furan rings is 1. The van der Waals surface area contributed by atoms with Gasteiger partial charge in [0.05, 0.1) is 6.61 Å². The van der Waals surface area contributed by atoms with E-state index in [1.54, 1.807) is 7.11 Å². The molecule has 0 saturated carbocycles. The van der Waals surface area contributed by atoms with Gasteiger partial charge in [0.1, 0.15) is 17.9 Å². The first-order chi connectivity index (χ1) is 13.2. The van der Waals surface area contributed by atoms with Crippen molar-refractivity contribution in [2.75, 3.05) is 20.3 Å². The molecule has 0 aliphatic carbocycles. The highest BCUT2D eigenvalue weighted by molar-refractivity contribution is 5.99. The Morgan fingerprint density at radius 3 is 2.70 bits per heavy atom. The van der Waals surface area contributed by atoms with E-state index < -0.39 is 0 Å². The molecule has 0 radical (unpaired) electrons. The standard InChI is InChI=1S/C22H21NO4/c1-3-14-26-17-10-8-16(9-11-17)12-13-23-22(24)21-19(15-25-2)18-6-4-5-7-20(18)27-21/h1,4-11H,12-15H2,2H3,(H,23,24). The number of benzene rings is 2. The average molecular weight is 363 g/mol. The van der Waals surface area contributed by atoms with Gasteiger partial charge in [0, 0.05) is 24.6 Å². The van der Waals surface area contributed by atoms with Crippen LogP contribution in [0, 0.1) is 12.3 Å². The number of hydrogen-bond donors (Lipinski definition) is 1. The smallest absolute Gasteiger partial charge is 0.287 e. The van der Waals surface area contributed by atoms with Gasteiger partial charge in [-0.3, -0.25) is 4.79 Å². The predicted molar refractivity (Wildman–Crippen MR) is 104 cm³/mol. The first-order valence-electron chi connectivity index (χ1n) is 8.65. The summed E-state index contributed by atoms with van der Waals surface area (Å²) in [5, 5.41) is 3.81. The SMILES string of the molecule is C#CCOc1ccc(CCNC(=O)c2oc3ccccc3c2COC)cc1. The van der Waals surface area contributed by atoms with Crippen LogP contribution in [0.3, 0.4) is 0 Å². The highest BCUT2D eigenvalue weighted by Crippen LogP contribution is 2.26. The summed E-state index contributed by atoms with van der Waals surface area (Å²) in [6.45, 7) is 1.06. The lowest BCUT2D eigenvalue weighted by Crippen LogP contribution is -2.26. The topological polar surface area (TPSA) is 60.7 Å². The molecule has 0 aliphatic heterocycles. The van der Waals surface area contributed by atoms with Crippen LogP contribution in [0.1, 0.15) is 21.7 Å². The maximum atomic E-state index is 12.6. The van der Waals surface area contributed by atoms with Crippen molar-refractivity contribution in [3.05, 3.63) is 65.4 Å². The van der Waals surface area contributed by atoms with E-state index in [9.17, 15) is 4.79 Å². The fraction of sp³-hybridized carbons (Fsp3) is 0.227. The van der Waals surface area contributed by atoms with Crippen LogP contribution in [0.4, 0.5) is 0 Å². The number of carbonyl (C=O) groups excluding carboxylic acids is 1. The Bertz CT molecular complexity index is 951. The molecule has 0 spiro atoms. The molecular weight excluding hydrogens is 342 g/mol. The van der Waals surface area contributed by atoms with Gasteiger partial charge >= 0.3 is 0 Å². The van der Waals surface area contributed by atoms with Gasteiger partial charge in [-0.05, 0) is 30.2 Å². The van der Waals surface area contributed by atoms with Crippen molar-refractivity contribution in [3.63, 3.8) is 0 Å². The minimum Gasteiger partial charge on any atom is -0.481 e. The molecule has 3 aromatic rings. The van der Waals surface area contributed by atoms with Crippen LogP contribution in [0.5, 0.6) is 5.75 Å². The first kappa shape index (κ1) is 18.6. The van der Waals surface area contributed by atoms with E-state index in [0.29, 0.717) is 30.9 Å². The summed E-state index contributed by atoms with van der Waals surface area (Å²) in [6, 6.07) is 15.2. The molecule has 0 aliphatic rings. The molecule has 0 atom stereocenters. The number of carbonyl (C=O) groups is 1. The van der Waals surface area contributed by atoms with Crippen molar-refractivity contribution in [1.82, 2.24) is 5.32 Å². The van der Waals surface area contributed by atoms with Crippen molar-refractivity contribution >= 4 is 16.9 Å². The molecule has 3 rings (SSSR count). The second-order valence-electron chi connectivity index (χ2n) is 5.98. The largest absolute Gasteiger partial charge is 0.481 e. The van der Waals surface area contributed by atoms with E-state index in [1.807, 2.05) is 48.5 Å². The van der Waals surface area contributed by atoms with Crippen LogP contribution < -0.4 is 10.1 Å². The minimum atomic E-state index is -0.243. The molecule has 1 amide bonds. The van der Waals surface area contributed by atoms with Crippen molar-refractivity contribution in [3.8, 4) is 18.1 Å². The molecule has 1 heterocycles. The summed E-state index contributed by atoms with van der Waals surface area (Å²) < 4.78 is 16.3. The van der Waals surface area contributed by atoms with Gasteiger partial charge in [-0.15, -0.1) is 6.42 Å². The summed E-state index contributed by atoms with van der Waals surface area (Å²) in [4.78, 5) is 12.6. The Morgan fingerprint density at radius 2 is 1.96 bits per heavy atom. The average Bonchev–Trinajstić information content (AvgIpc) is 3.06. The van der Waals surface area contributed by atoms with Crippen LogP contribution >= 0.6 is 0 Å². The van der Waals surface area contributed by atoms with Gasteiger partial charge in [0.2, 0.25) is 0 Å². The third-order valence-corrected chi connectivity index (χ3v) is 4.14. The lowest BCUT2D eigenvalue weighted by molar-refractivity contribution is 0.0922. The summed E-state index contributed by atoms with van der Waals surface area (Å²) in [6.07, 6.45) is 5.87. The maximum Gasteiger partial charge on any atom is 0.287 e. The Labute approximate surface area is 158 Å². The Kier molecular flexibility index (Phi) is 6.14. The number of methoxy groups -OCH3 is 1. The second-order valence-corrected chi connectivity index (χ2v) is 5.98. The number of terminal acetylenes is 1. The van der Waals surface area contributed by atoms with Gasteiger partial charge < -0.3 is 19.2 Å². The number of fused-ring (bicyclic) bond motifs is 1. The summed E-state index contributed by atoms with van der Waals surface area (Å²) in [5.74, 6) is 3.22.